The van der Waals surface area contributed by atoms with E-state index in [0.717, 1.165) is 12.1 Å². The first-order valence-corrected chi connectivity index (χ1v) is 4.49. The zero-order valence-corrected chi connectivity index (χ0v) is 8.61. The molecule has 0 bridgehead atoms. The molecule has 0 aliphatic carbocycles. The van der Waals surface area contributed by atoms with Crippen LogP contribution in [-0.4, -0.2) is 29.3 Å². The highest BCUT2D eigenvalue weighted by Crippen LogP contribution is 2.29. The fourth-order valence-electron chi connectivity index (χ4n) is 1.23. The molecule has 1 atom stereocenters. The Morgan fingerprint density at radius 2 is 2.25 bits per heavy atom. The van der Waals surface area contributed by atoms with Gasteiger partial charge in [0, 0.05) is 12.5 Å². The Labute approximate surface area is 91.3 Å². The van der Waals surface area contributed by atoms with Crippen molar-refractivity contribution in [2.45, 2.75) is 12.5 Å². The van der Waals surface area contributed by atoms with Crippen molar-refractivity contribution in [3.05, 3.63) is 23.5 Å². The molecule has 5 nitrogen and oxygen atoms in total. The van der Waals surface area contributed by atoms with Gasteiger partial charge < -0.3 is 20.7 Å². The van der Waals surface area contributed by atoms with Crippen LogP contribution in [-0.2, 0) is 11.2 Å². The summed E-state index contributed by atoms with van der Waals surface area (Å²) in [5.74, 6) is -2.15. The van der Waals surface area contributed by atoms with Crippen molar-refractivity contribution in [2.24, 2.45) is 5.73 Å². The monoisotopic (exact) mass is 229 g/mol. The minimum Gasteiger partial charge on any atom is -0.504 e. The third kappa shape index (κ3) is 2.60. The molecule has 0 saturated heterocycles. The van der Waals surface area contributed by atoms with Crippen LogP contribution < -0.4 is 10.5 Å². The molecule has 16 heavy (non-hydrogen) atoms. The summed E-state index contributed by atoms with van der Waals surface area (Å²) in [4.78, 5) is 10.5. The van der Waals surface area contributed by atoms with Crippen LogP contribution in [0, 0.1) is 5.82 Å². The number of benzene rings is 1. The van der Waals surface area contributed by atoms with Crippen LogP contribution in [0.15, 0.2) is 12.1 Å². The average molecular weight is 229 g/mol. The maximum atomic E-state index is 13.4. The molecule has 4 N–H and O–H groups in total. The summed E-state index contributed by atoms with van der Waals surface area (Å²) in [6.07, 6.45) is -0.196. The first-order chi connectivity index (χ1) is 7.45. The molecule has 0 aliphatic rings. The molecule has 1 unspecified atom stereocenters. The Kier molecular flexibility index (Phi) is 3.68. The highest BCUT2D eigenvalue weighted by Gasteiger charge is 2.17. The number of carboxylic acids is 1. The first-order valence-electron chi connectivity index (χ1n) is 4.49. The molecule has 6 heteroatoms. The van der Waals surface area contributed by atoms with Crippen molar-refractivity contribution in [3.63, 3.8) is 0 Å². The van der Waals surface area contributed by atoms with E-state index in [0.29, 0.717) is 0 Å². The molecule has 0 radical (unpaired) electrons. The summed E-state index contributed by atoms with van der Waals surface area (Å²) in [7, 11) is 1.29. The number of methoxy groups -OCH3 is 1. The molecule has 0 amide bonds. The van der Waals surface area contributed by atoms with E-state index in [2.05, 4.69) is 0 Å². The molecule has 1 aromatic carbocycles. The van der Waals surface area contributed by atoms with E-state index in [9.17, 15) is 14.3 Å². The minimum atomic E-state index is -1.23. The van der Waals surface area contributed by atoms with Gasteiger partial charge in [0.05, 0.1) is 7.11 Å². The topological polar surface area (TPSA) is 92.8 Å². The van der Waals surface area contributed by atoms with E-state index in [1.165, 1.54) is 7.11 Å². The van der Waals surface area contributed by atoms with Gasteiger partial charge >= 0.3 is 5.97 Å². The number of phenols is 1. The zero-order chi connectivity index (χ0) is 12.3. The van der Waals surface area contributed by atoms with Crippen LogP contribution in [0.5, 0.6) is 11.5 Å². The van der Waals surface area contributed by atoms with Gasteiger partial charge in [-0.15, -0.1) is 0 Å². The quantitative estimate of drug-likeness (QED) is 0.698. The SMILES string of the molecule is COc1cc(F)c(CC(N)C(=O)O)cc1O. The van der Waals surface area contributed by atoms with Crippen LogP contribution in [0.25, 0.3) is 0 Å². The second-order valence-corrected chi connectivity index (χ2v) is 3.26. The molecule has 0 saturated carbocycles. The lowest BCUT2D eigenvalue weighted by Crippen LogP contribution is -2.32. The Morgan fingerprint density at radius 1 is 1.62 bits per heavy atom. The second-order valence-electron chi connectivity index (χ2n) is 3.26. The lowest BCUT2D eigenvalue weighted by atomic mass is 10.1. The number of carbonyl (C=O) groups is 1. The van der Waals surface area contributed by atoms with Gasteiger partial charge in [0.1, 0.15) is 11.9 Å². The maximum absolute atomic E-state index is 13.4. The predicted octanol–water partition coefficient (Wildman–Crippen LogP) is 0.494. The molecular formula is C10H12FNO4. The molecule has 0 aliphatic heterocycles. The number of hydrogen-bond acceptors (Lipinski definition) is 4. The van der Waals surface area contributed by atoms with E-state index in [1.807, 2.05) is 0 Å². The van der Waals surface area contributed by atoms with Crippen LogP contribution in [0.3, 0.4) is 0 Å². The smallest absolute Gasteiger partial charge is 0.320 e. The number of aromatic hydroxyl groups is 1. The zero-order valence-electron chi connectivity index (χ0n) is 8.61. The predicted molar refractivity (Wildman–Crippen MR) is 53.9 cm³/mol. The summed E-state index contributed by atoms with van der Waals surface area (Å²) in [5, 5.41) is 18.0. The summed E-state index contributed by atoms with van der Waals surface area (Å²) in [6, 6.07) is 0.887. The van der Waals surface area contributed by atoms with Crippen molar-refractivity contribution >= 4 is 5.97 Å². The van der Waals surface area contributed by atoms with E-state index < -0.39 is 17.8 Å². The normalized spacial score (nSPS) is 12.2. The first kappa shape index (κ1) is 12.3. The van der Waals surface area contributed by atoms with Gasteiger partial charge in [-0.25, -0.2) is 4.39 Å². The number of halogens is 1. The van der Waals surface area contributed by atoms with E-state index in [1.54, 1.807) is 0 Å². The molecule has 0 fully saturated rings. The number of carboxylic acid groups (broad SMARTS) is 1. The summed E-state index contributed by atoms with van der Waals surface area (Å²) in [6.45, 7) is 0. The van der Waals surface area contributed by atoms with Crippen molar-refractivity contribution in [1.29, 1.82) is 0 Å². The maximum Gasteiger partial charge on any atom is 0.320 e. The highest BCUT2D eigenvalue weighted by molar-refractivity contribution is 5.73. The number of nitrogens with two attached hydrogens (primary N) is 1. The number of aliphatic carboxylic acids is 1. The second kappa shape index (κ2) is 4.80. The number of phenolic OH excluding ortho intramolecular Hbond substituents is 1. The van der Waals surface area contributed by atoms with Crippen molar-refractivity contribution in [2.75, 3.05) is 7.11 Å². The van der Waals surface area contributed by atoms with Gasteiger partial charge in [0.2, 0.25) is 0 Å². The molecular weight excluding hydrogens is 217 g/mol. The summed E-state index contributed by atoms with van der Waals surface area (Å²) >= 11 is 0. The van der Waals surface area contributed by atoms with Gasteiger partial charge in [-0.1, -0.05) is 0 Å². The van der Waals surface area contributed by atoms with E-state index >= 15 is 0 Å². The Hall–Kier alpha value is -1.82. The van der Waals surface area contributed by atoms with E-state index in [-0.39, 0.29) is 23.5 Å². The van der Waals surface area contributed by atoms with Crippen LogP contribution in [0.4, 0.5) is 4.39 Å². The largest absolute Gasteiger partial charge is 0.504 e. The average Bonchev–Trinajstić information content (AvgIpc) is 2.22. The van der Waals surface area contributed by atoms with Crippen molar-refractivity contribution in [3.8, 4) is 11.5 Å². The fourth-order valence-corrected chi connectivity index (χ4v) is 1.23. The molecule has 1 aromatic rings. The van der Waals surface area contributed by atoms with Crippen LogP contribution in [0.1, 0.15) is 5.56 Å². The third-order valence-corrected chi connectivity index (χ3v) is 2.10. The number of hydrogen-bond donors (Lipinski definition) is 3. The van der Waals surface area contributed by atoms with Crippen molar-refractivity contribution < 1.29 is 24.1 Å². The minimum absolute atomic E-state index is 0.00912. The highest BCUT2D eigenvalue weighted by atomic mass is 19.1. The Morgan fingerprint density at radius 3 is 2.75 bits per heavy atom. The van der Waals surface area contributed by atoms with Gasteiger partial charge in [-0.05, 0) is 11.6 Å². The van der Waals surface area contributed by atoms with E-state index in [4.69, 9.17) is 15.6 Å². The van der Waals surface area contributed by atoms with Gasteiger partial charge in [-0.3, -0.25) is 4.79 Å². The van der Waals surface area contributed by atoms with Crippen LogP contribution >= 0.6 is 0 Å². The molecule has 0 spiro atoms. The molecule has 0 aromatic heterocycles. The van der Waals surface area contributed by atoms with Gasteiger partial charge in [0.15, 0.2) is 11.5 Å². The van der Waals surface area contributed by atoms with Gasteiger partial charge in [0.25, 0.3) is 0 Å². The molecule has 88 valence electrons. The number of rotatable bonds is 4. The summed E-state index contributed by atoms with van der Waals surface area (Å²) in [5.41, 5.74) is 5.29. The van der Waals surface area contributed by atoms with Gasteiger partial charge in [-0.2, -0.15) is 0 Å². The molecule has 1 rings (SSSR count). The lowest BCUT2D eigenvalue weighted by molar-refractivity contribution is -0.138. The number of ether oxygens (including phenoxy) is 1. The lowest BCUT2D eigenvalue weighted by Gasteiger charge is -2.10. The Balaban J connectivity index is 2.98. The summed E-state index contributed by atoms with van der Waals surface area (Å²) < 4.78 is 18.1. The Bertz CT molecular complexity index is 408. The fraction of sp³-hybridized carbons (Fsp3) is 0.300. The van der Waals surface area contributed by atoms with Crippen LogP contribution in [0.2, 0.25) is 0 Å². The third-order valence-electron chi connectivity index (χ3n) is 2.10. The van der Waals surface area contributed by atoms with Crippen molar-refractivity contribution in [1.82, 2.24) is 0 Å². The molecule has 0 heterocycles. The standard InChI is InChI=1S/C10H12FNO4/c1-16-9-4-6(11)5(3-8(9)13)2-7(12)10(14)15/h3-4,7,13H,2,12H2,1H3,(H,14,15).